The lowest BCUT2D eigenvalue weighted by Gasteiger charge is -2.08. The third kappa shape index (κ3) is 4.00. The number of amides is 2. The van der Waals surface area contributed by atoms with Gasteiger partial charge in [0.05, 0.1) is 0 Å². The van der Waals surface area contributed by atoms with E-state index in [1.807, 2.05) is 0 Å². The number of hydrogen-bond acceptors (Lipinski definition) is 6. The van der Waals surface area contributed by atoms with E-state index in [4.69, 9.17) is 9.47 Å². The maximum absolute atomic E-state index is 12.5. The summed E-state index contributed by atoms with van der Waals surface area (Å²) in [5.41, 5.74) is 1.45. The van der Waals surface area contributed by atoms with Crippen molar-refractivity contribution in [1.82, 2.24) is 14.9 Å². The Labute approximate surface area is 171 Å². The summed E-state index contributed by atoms with van der Waals surface area (Å²) in [4.78, 5) is 40.9. The number of nitrogens with one attached hydrogen (secondary N) is 2. The molecule has 4 rings (SSSR count). The summed E-state index contributed by atoms with van der Waals surface area (Å²) in [7, 11) is 1.72. The van der Waals surface area contributed by atoms with Crippen LogP contribution in [0.1, 0.15) is 21.7 Å². The highest BCUT2D eigenvalue weighted by molar-refractivity contribution is 6.39. The molecule has 30 heavy (non-hydrogen) atoms. The molecule has 1 aliphatic rings. The van der Waals surface area contributed by atoms with E-state index in [-0.39, 0.29) is 24.9 Å². The number of aryl methyl sites for hydroxylation is 1. The van der Waals surface area contributed by atoms with Gasteiger partial charge in [0, 0.05) is 37.2 Å². The van der Waals surface area contributed by atoms with Crippen molar-refractivity contribution in [1.29, 1.82) is 0 Å². The molecular formula is C21H18N4O5. The van der Waals surface area contributed by atoms with Gasteiger partial charge in [0.25, 0.3) is 0 Å². The highest BCUT2D eigenvalue weighted by Gasteiger charge is 2.18. The number of ketones is 1. The van der Waals surface area contributed by atoms with Crippen LogP contribution in [0, 0.1) is 0 Å². The third-order valence-corrected chi connectivity index (χ3v) is 4.50. The lowest BCUT2D eigenvalue weighted by molar-refractivity contribution is -0.136. The number of imidazole rings is 1. The Balaban J connectivity index is 1.37. The zero-order valence-electron chi connectivity index (χ0n) is 16.0. The Morgan fingerprint density at radius 3 is 2.70 bits per heavy atom. The number of rotatable bonds is 5. The molecule has 0 bridgehead atoms. The van der Waals surface area contributed by atoms with Crippen LogP contribution in [0.4, 0.5) is 5.69 Å². The van der Waals surface area contributed by atoms with E-state index >= 15 is 0 Å². The molecule has 0 radical (unpaired) electrons. The smallest absolute Gasteiger partial charge is 0.313 e. The molecule has 152 valence electrons. The second-order valence-corrected chi connectivity index (χ2v) is 6.60. The normalized spacial score (nSPS) is 11.8. The van der Waals surface area contributed by atoms with Gasteiger partial charge in [-0.3, -0.25) is 14.4 Å². The number of fused-ring (bicyclic) bond motifs is 1. The summed E-state index contributed by atoms with van der Waals surface area (Å²) in [6.45, 7) is 0.315. The zero-order valence-corrected chi connectivity index (χ0v) is 16.0. The number of nitrogens with zero attached hydrogens (tertiary/aromatic N) is 2. The molecule has 0 spiro atoms. The number of hydrogen-bond donors (Lipinski definition) is 2. The molecule has 2 amide bonds. The summed E-state index contributed by atoms with van der Waals surface area (Å²) in [5, 5.41) is 5.05. The molecule has 0 atom stereocenters. The van der Waals surface area contributed by atoms with Gasteiger partial charge in [0.15, 0.2) is 17.3 Å². The van der Waals surface area contributed by atoms with Crippen molar-refractivity contribution in [3.8, 4) is 11.5 Å². The standard InChI is InChI=1S/C21H18N4O5/c1-25-8-7-22-19(25)18(26)14-3-2-4-15(10-14)24-21(28)20(27)23-11-13-5-6-16-17(9-13)30-12-29-16/h2-10H,11-12H2,1H3,(H,23,27)(H,24,28). The van der Waals surface area contributed by atoms with Crippen molar-refractivity contribution < 1.29 is 23.9 Å². The Morgan fingerprint density at radius 2 is 1.90 bits per heavy atom. The summed E-state index contributed by atoms with van der Waals surface area (Å²) < 4.78 is 12.1. The number of aromatic nitrogens is 2. The molecule has 1 aliphatic heterocycles. The summed E-state index contributed by atoms with van der Waals surface area (Å²) in [5.74, 6) is -0.403. The average molecular weight is 406 g/mol. The molecule has 0 fully saturated rings. The van der Waals surface area contributed by atoms with Crippen LogP contribution in [0.25, 0.3) is 0 Å². The van der Waals surface area contributed by atoms with Gasteiger partial charge in [-0.1, -0.05) is 18.2 Å². The molecule has 0 aliphatic carbocycles. The van der Waals surface area contributed by atoms with Gasteiger partial charge in [0.2, 0.25) is 12.6 Å². The number of ether oxygens (including phenoxy) is 2. The second-order valence-electron chi connectivity index (χ2n) is 6.60. The minimum atomic E-state index is -0.836. The SMILES string of the molecule is Cn1ccnc1C(=O)c1cccc(NC(=O)C(=O)NCc2ccc3c(c2)OCO3)c1. The first kappa shape index (κ1) is 19.2. The second kappa shape index (κ2) is 8.08. The lowest BCUT2D eigenvalue weighted by Crippen LogP contribution is -2.35. The molecular weight excluding hydrogens is 388 g/mol. The van der Waals surface area contributed by atoms with Gasteiger partial charge in [-0.05, 0) is 29.8 Å². The Morgan fingerprint density at radius 1 is 1.07 bits per heavy atom. The Kier molecular flexibility index (Phi) is 5.17. The van der Waals surface area contributed by atoms with Crippen molar-refractivity contribution in [3.63, 3.8) is 0 Å². The molecule has 0 saturated carbocycles. The van der Waals surface area contributed by atoms with Gasteiger partial charge in [-0.25, -0.2) is 4.98 Å². The summed E-state index contributed by atoms with van der Waals surface area (Å²) in [6.07, 6.45) is 3.20. The lowest BCUT2D eigenvalue weighted by atomic mass is 10.1. The number of carbonyl (C=O) groups excluding carboxylic acids is 3. The first-order chi connectivity index (χ1) is 14.5. The minimum Gasteiger partial charge on any atom is -0.454 e. The van der Waals surface area contributed by atoms with E-state index in [1.54, 1.807) is 54.2 Å². The van der Waals surface area contributed by atoms with Crippen LogP contribution < -0.4 is 20.1 Å². The average Bonchev–Trinajstić information content (AvgIpc) is 3.39. The quantitative estimate of drug-likeness (QED) is 0.492. The van der Waals surface area contributed by atoms with Gasteiger partial charge in [-0.15, -0.1) is 0 Å². The number of anilines is 1. The van der Waals surface area contributed by atoms with Crippen molar-refractivity contribution in [2.75, 3.05) is 12.1 Å². The van der Waals surface area contributed by atoms with Crippen LogP contribution in [0.5, 0.6) is 11.5 Å². The predicted octanol–water partition coefficient (Wildman–Crippen LogP) is 1.63. The fourth-order valence-corrected chi connectivity index (χ4v) is 2.95. The molecule has 9 nitrogen and oxygen atoms in total. The van der Waals surface area contributed by atoms with E-state index < -0.39 is 11.8 Å². The molecule has 3 aromatic rings. The zero-order chi connectivity index (χ0) is 21.1. The summed E-state index contributed by atoms with van der Waals surface area (Å²) >= 11 is 0. The van der Waals surface area contributed by atoms with Crippen LogP contribution >= 0.6 is 0 Å². The van der Waals surface area contributed by atoms with E-state index in [0.29, 0.717) is 22.7 Å². The highest BCUT2D eigenvalue weighted by Crippen LogP contribution is 2.32. The van der Waals surface area contributed by atoms with Gasteiger partial charge in [-0.2, -0.15) is 0 Å². The van der Waals surface area contributed by atoms with Crippen LogP contribution in [-0.4, -0.2) is 33.9 Å². The topological polar surface area (TPSA) is 112 Å². The molecule has 0 unspecified atom stereocenters. The molecule has 2 heterocycles. The van der Waals surface area contributed by atoms with Crippen LogP contribution in [0.2, 0.25) is 0 Å². The van der Waals surface area contributed by atoms with Crippen molar-refractivity contribution in [2.45, 2.75) is 6.54 Å². The van der Waals surface area contributed by atoms with Gasteiger partial charge in [0.1, 0.15) is 0 Å². The van der Waals surface area contributed by atoms with Crippen LogP contribution in [0.3, 0.4) is 0 Å². The maximum Gasteiger partial charge on any atom is 0.313 e. The monoisotopic (exact) mass is 406 g/mol. The minimum absolute atomic E-state index is 0.153. The van der Waals surface area contributed by atoms with E-state index in [0.717, 1.165) is 5.56 Å². The predicted molar refractivity (Wildman–Crippen MR) is 106 cm³/mol. The Bertz CT molecular complexity index is 1140. The molecule has 1 aromatic heterocycles. The third-order valence-electron chi connectivity index (χ3n) is 4.50. The number of carbonyl (C=O) groups is 3. The number of benzene rings is 2. The van der Waals surface area contributed by atoms with Crippen molar-refractivity contribution in [3.05, 3.63) is 71.8 Å². The van der Waals surface area contributed by atoms with Crippen LogP contribution in [0.15, 0.2) is 54.9 Å². The van der Waals surface area contributed by atoms with E-state index in [2.05, 4.69) is 15.6 Å². The van der Waals surface area contributed by atoms with Crippen molar-refractivity contribution in [2.24, 2.45) is 7.05 Å². The Hall–Kier alpha value is -4.14. The molecule has 2 aromatic carbocycles. The van der Waals surface area contributed by atoms with Crippen molar-refractivity contribution >= 4 is 23.3 Å². The van der Waals surface area contributed by atoms with E-state index in [9.17, 15) is 14.4 Å². The molecule has 9 heteroatoms. The highest BCUT2D eigenvalue weighted by atomic mass is 16.7. The fraction of sp³-hybridized carbons (Fsp3) is 0.143. The largest absolute Gasteiger partial charge is 0.454 e. The first-order valence-electron chi connectivity index (χ1n) is 9.11. The first-order valence-corrected chi connectivity index (χ1v) is 9.11. The molecule has 2 N–H and O–H groups in total. The van der Waals surface area contributed by atoms with Gasteiger partial charge >= 0.3 is 11.8 Å². The van der Waals surface area contributed by atoms with Gasteiger partial charge < -0.3 is 24.7 Å². The maximum atomic E-state index is 12.5. The van der Waals surface area contributed by atoms with E-state index in [1.165, 1.54) is 12.3 Å². The van der Waals surface area contributed by atoms with Crippen LogP contribution in [-0.2, 0) is 23.2 Å². The fourth-order valence-electron chi connectivity index (χ4n) is 2.95. The molecule has 0 saturated heterocycles. The summed E-state index contributed by atoms with van der Waals surface area (Å²) in [6, 6.07) is 11.6.